The van der Waals surface area contributed by atoms with Crippen LogP contribution in [0.25, 0.3) is 6.08 Å². The van der Waals surface area contributed by atoms with E-state index in [1.165, 1.54) is 18.2 Å². The van der Waals surface area contributed by atoms with Gasteiger partial charge in [0.15, 0.2) is 5.78 Å². The summed E-state index contributed by atoms with van der Waals surface area (Å²) in [5.74, 6) is -2.61. The van der Waals surface area contributed by atoms with Crippen molar-refractivity contribution in [2.45, 2.75) is 66.3 Å². The first kappa shape index (κ1) is 78.8. The van der Waals surface area contributed by atoms with Gasteiger partial charge in [-0.15, -0.1) is 0 Å². The van der Waals surface area contributed by atoms with E-state index in [9.17, 15) is 14.4 Å². The van der Waals surface area contributed by atoms with E-state index in [0.29, 0.717) is 61.6 Å². The molecule has 6 rings (SSSR count). The van der Waals surface area contributed by atoms with Crippen LogP contribution < -0.4 is 75.3 Å². The van der Waals surface area contributed by atoms with Gasteiger partial charge in [0.05, 0.1) is 30.3 Å². The Morgan fingerprint density at radius 2 is 1.16 bits per heavy atom. The Morgan fingerprint density at radius 1 is 0.663 bits per heavy atom. The Morgan fingerprint density at radius 3 is 1.66 bits per heavy atom. The molecule has 2 fully saturated rings. The third-order valence-electron chi connectivity index (χ3n) is 19.2. The Balaban J connectivity index is 1.18. The number of methoxy groups -OCH3 is 1. The lowest BCUT2D eigenvalue weighted by Gasteiger charge is -2.29. The predicted molar refractivity (Wildman–Crippen MR) is 390 cm³/mol. The van der Waals surface area contributed by atoms with Crippen LogP contribution in [0.5, 0.6) is 0 Å². The van der Waals surface area contributed by atoms with E-state index in [2.05, 4.69) is 129 Å². The number of hydrogen-bond donors (Lipinski definition) is 15. The number of amides is 1. The van der Waals surface area contributed by atoms with Crippen LogP contribution in [0.2, 0.25) is 0 Å². The number of nitrogens with zero attached hydrogens (tertiary/aromatic N) is 6. The molecule has 1 aliphatic carbocycles. The molecule has 1 saturated carbocycles. The van der Waals surface area contributed by atoms with Gasteiger partial charge in [0.25, 0.3) is 0 Å². The van der Waals surface area contributed by atoms with Crippen LogP contribution in [-0.2, 0) is 32.0 Å². The molecular weight excluding hydrogens is 1200 g/mol. The van der Waals surface area contributed by atoms with Crippen molar-refractivity contribution >= 4 is 35.2 Å². The molecule has 4 aliphatic heterocycles. The fourth-order valence-electron chi connectivity index (χ4n) is 13.4. The second-order valence-corrected chi connectivity index (χ2v) is 25.6. The number of fused-ring (bicyclic) bond motifs is 6. The van der Waals surface area contributed by atoms with Gasteiger partial charge in [-0.1, -0.05) is 26.5 Å². The maximum atomic E-state index is 14.7. The molecule has 4 atom stereocenters. The number of Topliss-reactive ketones (excluding diaryl/α,β-unsaturated/α-hetero) is 1. The fraction of sp³-hybridized carbons (Fsp3) is 0.700. The monoisotopic (exact) mass is 1320 g/mol. The molecule has 25 heteroatoms. The van der Waals surface area contributed by atoms with E-state index in [1.807, 2.05) is 40.2 Å². The molecule has 25 nitrogen and oxygen atoms in total. The second kappa shape index (κ2) is 44.0. The van der Waals surface area contributed by atoms with Gasteiger partial charge in [-0.05, 0) is 94.8 Å². The van der Waals surface area contributed by atoms with E-state index in [4.69, 9.17) is 26.2 Å². The average Bonchev–Trinajstić information content (AvgIpc) is 1.57. The van der Waals surface area contributed by atoms with Crippen LogP contribution in [0.4, 0.5) is 0 Å². The lowest BCUT2D eigenvalue weighted by atomic mass is 9.84. The average molecular weight is 1320 g/mol. The normalized spacial score (nSPS) is 20.4. The summed E-state index contributed by atoms with van der Waals surface area (Å²) in [4.78, 5) is 67.4. The van der Waals surface area contributed by atoms with Gasteiger partial charge in [0.2, 0.25) is 5.91 Å². The number of esters is 1. The van der Waals surface area contributed by atoms with Gasteiger partial charge >= 0.3 is 5.97 Å². The summed E-state index contributed by atoms with van der Waals surface area (Å²) in [5.41, 5.74) is 23.8. The SMILES string of the molecule is C=CC1=C(C)C2=NC1Cc1[nH]c(c(CC)c1C)/C=C1N=C3C(=C\1C)C(=O)C(C(=O)OC)/C3=C1/N/C(=C\2)C(C)C1CCC(=O)NCCN(CCNCCN(CCN)CCNCCNC)CCN(CCNCCNCCNC)CCNCCN(CCNCCN)CCNCCNC. The largest absolute Gasteiger partial charge is 0.468 e. The van der Waals surface area contributed by atoms with Crippen LogP contribution in [0, 0.1) is 24.7 Å². The van der Waals surface area contributed by atoms with Crippen LogP contribution >= 0.6 is 0 Å². The minimum atomic E-state index is -1.20. The zero-order valence-electron chi connectivity index (χ0n) is 59.7. The molecule has 5 heterocycles. The zero-order chi connectivity index (χ0) is 68.3. The minimum Gasteiger partial charge on any atom is -0.468 e. The molecule has 1 amide bonds. The van der Waals surface area contributed by atoms with Gasteiger partial charge in [-0.25, -0.2) is 4.99 Å². The predicted octanol–water partition coefficient (Wildman–Crippen LogP) is -0.948. The van der Waals surface area contributed by atoms with Crippen LogP contribution in [0.1, 0.15) is 63.1 Å². The molecule has 1 aromatic heterocycles. The molecule has 17 N–H and O–H groups in total. The van der Waals surface area contributed by atoms with E-state index >= 15 is 0 Å². The minimum absolute atomic E-state index is 0.0537. The Bertz CT molecular complexity index is 2790. The molecule has 0 radical (unpaired) electrons. The highest BCUT2D eigenvalue weighted by molar-refractivity contribution is 6.42. The van der Waals surface area contributed by atoms with E-state index in [1.54, 1.807) is 0 Å². The number of ketones is 1. The van der Waals surface area contributed by atoms with Gasteiger partial charge in [0.1, 0.15) is 5.92 Å². The Kier molecular flexibility index (Phi) is 36.5. The number of rotatable bonds is 52. The van der Waals surface area contributed by atoms with Crippen molar-refractivity contribution in [3.8, 4) is 0 Å². The first-order valence-electron chi connectivity index (χ1n) is 35.7. The highest BCUT2D eigenvalue weighted by Gasteiger charge is 2.52. The van der Waals surface area contributed by atoms with Crippen molar-refractivity contribution in [3.05, 3.63) is 86.2 Å². The summed E-state index contributed by atoms with van der Waals surface area (Å²) in [6.07, 6.45) is 8.26. The van der Waals surface area contributed by atoms with Gasteiger partial charge in [-0.2, -0.15) is 0 Å². The number of nitrogens with two attached hydrogens (primary N) is 2. The van der Waals surface area contributed by atoms with Crippen molar-refractivity contribution in [3.63, 3.8) is 0 Å². The van der Waals surface area contributed by atoms with Crippen LogP contribution in [-0.4, -0.2) is 297 Å². The third-order valence-corrected chi connectivity index (χ3v) is 19.2. The van der Waals surface area contributed by atoms with Crippen LogP contribution in [0.15, 0.2) is 73.7 Å². The second-order valence-electron chi connectivity index (χ2n) is 25.6. The smallest absolute Gasteiger partial charge is 0.321 e. The summed E-state index contributed by atoms with van der Waals surface area (Å²) >= 11 is 0. The molecule has 5 aliphatic rings. The number of ether oxygens (including phenoxy) is 1. The topological polar surface area (TPSA) is 310 Å². The zero-order valence-corrected chi connectivity index (χ0v) is 59.7. The molecule has 1 saturated heterocycles. The number of nitrogens with one attached hydrogen (secondary N) is 13. The molecule has 0 spiro atoms. The molecule has 95 heavy (non-hydrogen) atoms. The Labute approximate surface area is 569 Å². The molecule has 1 aromatic rings. The van der Waals surface area contributed by atoms with E-state index in [-0.39, 0.29) is 36.0 Å². The number of aromatic amines is 1. The molecule has 8 bridgehead atoms. The van der Waals surface area contributed by atoms with Crippen molar-refractivity contribution < 1.29 is 19.1 Å². The summed E-state index contributed by atoms with van der Waals surface area (Å²) in [7, 11) is 7.26. The molecule has 4 unspecified atom stereocenters. The standard InChI is InChI=1S/C70H125N21O4/c1-11-54-50(3)57-47-59-52(5)56(67(86-59)65-66(70(94)95-10)69(93)64-53(6)60(87-68(64)65)49-62-55(12-2)51(4)58(85-62)48-61(54)84-57)13-14-63(92)83-34-44-91(43-33-81-30-37-88(35-16-72)36-27-78-22-19-74-8)46-45-90(41-29-80-25-24-77-21-18-73-7)42-32-82-31-40-89(38-26-76-17-15-71)39-28-79-23-20-75-9/h11,47,49,52,56,61,66,73-82,85-86H,1,12-46,48,71-72H2,2-10H3,(H,83,92)/b59-47-,60-49-,67-65-. The quantitative estimate of drug-likeness (QED) is 0.0213. The third kappa shape index (κ3) is 24.4. The number of allylic oxidation sites excluding steroid dienone is 6. The summed E-state index contributed by atoms with van der Waals surface area (Å²) in [6, 6.07) is -0.134. The molecule has 0 aromatic carbocycles. The maximum absolute atomic E-state index is 14.7. The molecular formula is C70H125N21O4. The van der Waals surface area contributed by atoms with Gasteiger partial charge in [-0.3, -0.25) is 39.0 Å². The lowest BCUT2D eigenvalue weighted by molar-refractivity contribution is -0.146. The van der Waals surface area contributed by atoms with E-state index < -0.39 is 11.9 Å². The number of likely N-dealkylation sites (N-methyl/N-ethyl adjacent to an activating group) is 3. The number of hydrogen-bond acceptors (Lipinski definition) is 23. The summed E-state index contributed by atoms with van der Waals surface area (Å²) in [5, 5.41) is 42.0. The van der Waals surface area contributed by atoms with Gasteiger partial charge < -0.3 is 85.0 Å². The summed E-state index contributed by atoms with van der Waals surface area (Å²) < 4.78 is 5.41. The lowest BCUT2D eigenvalue weighted by Crippen LogP contribution is -2.46. The van der Waals surface area contributed by atoms with Crippen LogP contribution in [0.3, 0.4) is 0 Å². The first-order chi connectivity index (χ1) is 46.3. The number of aromatic nitrogens is 1. The van der Waals surface area contributed by atoms with Crippen molar-refractivity contribution in [1.82, 2.24) is 88.4 Å². The Hall–Kier alpha value is -5.17. The van der Waals surface area contributed by atoms with Crippen molar-refractivity contribution in [2.75, 3.05) is 238 Å². The van der Waals surface area contributed by atoms with E-state index in [0.717, 1.165) is 235 Å². The van der Waals surface area contributed by atoms with Crippen molar-refractivity contribution in [1.29, 1.82) is 0 Å². The van der Waals surface area contributed by atoms with Crippen molar-refractivity contribution in [2.24, 2.45) is 39.2 Å². The fourth-order valence-corrected chi connectivity index (χ4v) is 13.4. The first-order valence-corrected chi connectivity index (χ1v) is 35.7. The highest BCUT2D eigenvalue weighted by Crippen LogP contribution is 2.47. The number of carbonyl (C=O) groups is 3. The molecule has 534 valence electrons. The maximum Gasteiger partial charge on any atom is 0.321 e. The number of carbonyl (C=O) groups excluding carboxylic acids is 3. The summed E-state index contributed by atoms with van der Waals surface area (Å²) in [6.45, 7) is 42.4. The van der Waals surface area contributed by atoms with Gasteiger partial charge in [0, 0.05) is 268 Å². The highest BCUT2D eigenvalue weighted by atomic mass is 16.5. The number of aliphatic imine (C=N–C) groups is 2. The number of H-pyrrole nitrogens is 1.